The molecular weight excluding hydrogens is 300 g/mol. The van der Waals surface area contributed by atoms with Crippen LogP contribution in [0.4, 0.5) is 0 Å². The maximum Gasteiger partial charge on any atom is 0.306 e. The van der Waals surface area contributed by atoms with Crippen LogP contribution in [-0.4, -0.2) is 32.6 Å². The summed E-state index contributed by atoms with van der Waals surface area (Å²) in [6, 6.07) is 8.05. The van der Waals surface area contributed by atoms with E-state index < -0.39 is 0 Å². The number of para-hydroxylation sites is 1. The summed E-state index contributed by atoms with van der Waals surface area (Å²) < 4.78 is 7.23. The molecule has 1 aliphatic rings. The minimum atomic E-state index is -0.117. The minimum Gasteiger partial charge on any atom is -0.461 e. The maximum absolute atomic E-state index is 11.2. The Bertz CT molecular complexity index is 686. The van der Waals surface area contributed by atoms with Gasteiger partial charge in [-0.05, 0) is 25.0 Å². The van der Waals surface area contributed by atoms with Crippen LogP contribution < -0.4 is 5.73 Å². The molecule has 116 valence electrons. The van der Waals surface area contributed by atoms with Gasteiger partial charge in [-0.3, -0.25) is 9.36 Å². The average Bonchev–Trinajstić information content (AvgIpc) is 3.11. The van der Waals surface area contributed by atoms with Gasteiger partial charge in [0, 0.05) is 12.2 Å². The fourth-order valence-corrected chi connectivity index (χ4v) is 3.45. The van der Waals surface area contributed by atoms with Crippen molar-refractivity contribution in [3.05, 3.63) is 35.7 Å². The molecular formula is C15H18N4O2S. The lowest BCUT2D eigenvalue weighted by Crippen LogP contribution is -2.12. The number of nitrogens with two attached hydrogens (primary N) is 1. The zero-order chi connectivity index (χ0) is 15.5. The molecule has 2 N–H and O–H groups in total. The number of benzene rings is 1. The van der Waals surface area contributed by atoms with Gasteiger partial charge in [-0.15, -0.1) is 10.2 Å². The van der Waals surface area contributed by atoms with Gasteiger partial charge in [0.25, 0.3) is 0 Å². The molecule has 7 heteroatoms. The number of aryl methyl sites for hydroxylation is 1. The van der Waals surface area contributed by atoms with Crippen molar-refractivity contribution in [2.24, 2.45) is 5.73 Å². The van der Waals surface area contributed by atoms with E-state index in [-0.39, 0.29) is 12.1 Å². The van der Waals surface area contributed by atoms with E-state index in [1.54, 1.807) is 11.8 Å². The van der Waals surface area contributed by atoms with E-state index in [2.05, 4.69) is 10.2 Å². The first-order valence-electron chi connectivity index (χ1n) is 7.21. The molecule has 1 saturated heterocycles. The summed E-state index contributed by atoms with van der Waals surface area (Å²) in [5.74, 6) is 1.29. The number of rotatable bonds is 5. The second-order valence-corrected chi connectivity index (χ2v) is 6.17. The molecule has 0 unspecified atom stereocenters. The number of hydrogen-bond acceptors (Lipinski definition) is 6. The smallest absolute Gasteiger partial charge is 0.306 e. The molecule has 22 heavy (non-hydrogen) atoms. The van der Waals surface area contributed by atoms with Crippen molar-refractivity contribution >= 4 is 17.7 Å². The fraction of sp³-hybridized carbons (Fsp3) is 0.400. The summed E-state index contributed by atoms with van der Waals surface area (Å²) in [7, 11) is 0. The Balaban J connectivity index is 1.84. The van der Waals surface area contributed by atoms with Crippen molar-refractivity contribution in [2.75, 3.05) is 5.75 Å². The number of ether oxygens (including phenoxy) is 1. The Morgan fingerprint density at radius 2 is 2.23 bits per heavy atom. The number of hydrogen-bond donors (Lipinski definition) is 1. The Hall–Kier alpha value is -1.86. The van der Waals surface area contributed by atoms with Crippen molar-refractivity contribution in [1.29, 1.82) is 0 Å². The molecule has 0 spiro atoms. The molecule has 2 aromatic rings. The quantitative estimate of drug-likeness (QED) is 0.669. The molecule has 6 nitrogen and oxygen atoms in total. The predicted octanol–water partition coefficient (Wildman–Crippen LogP) is 1.83. The second-order valence-electron chi connectivity index (χ2n) is 5.19. The lowest BCUT2D eigenvalue weighted by molar-refractivity contribution is -0.140. The summed E-state index contributed by atoms with van der Waals surface area (Å²) in [6.45, 7) is 2.36. The first-order chi connectivity index (χ1) is 10.7. The molecule has 1 aromatic heterocycles. The number of aromatic nitrogens is 3. The summed E-state index contributed by atoms with van der Waals surface area (Å²) in [5.41, 5.74) is 7.94. The first-order valence-corrected chi connectivity index (χ1v) is 8.20. The van der Waals surface area contributed by atoms with Gasteiger partial charge in [-0.2, -0.15) is 0 Å². The molecule has 0 bridgehead atoms. The third kappa shape index (κ3) is 3.00. The van der Waals surface area contributed by atoms with E-state index in [1.807, 2.05) is 35.8 Å². The standard InChI is InChI=1S/C15H18N4O2S/c1-10-4-2-3-5-12(10)19-13(8-16)17-18-15(19)22-9-11-6-7-14(20)21-11/h2-5,11H,6-9,16H2,1H3/t11-/m0/s1. The summed E-state index contributed by atoms with van der Waals surface area (Å²) >= 11 is 1.54. The number of thioether (sulfide) groups is 1. The SMILES string of the molecule is Cc1ccccc1-n1c(CN)nnc1SC[C@@H]1CCC(=O)O1. The maximum atomic E-state index is 11.2. The lowest BCUT2D eigenvalue weighted by atomic mass is 10.2. The molecule has 0 aliphatic carbocycles. The van der Waals surface area contributed by atoms with Crippen LogP contribution in [0.1, 0.15) is 24.2 Å². The number of cyclic esters (lactones) is 1. The highest BCUT2D eigenvalue weighted by Crippen LogP contribution is 2.27. The van der Waals surface area contributed by atoms with Crippen molar-refractivity contribution < 1.29 is 9.53 Å². The van der Waals surface area contributed by atoms with Gasteiger partial charge in [-0.25, -0.2) is 0 Å². The van der Waals surface area contributed by atoms with E-state index in [4.69, 9.17) is 10.5 Å². The largest absolute Gasteiger partial charge is 0.461 e. The Morgan fingerprint density at radius 3 is 2.91 bits per heavy atom. The highest BCUT2D eigenvalue weighted by Gasteiger charge is 2.24. The van der Waals surface area contributed by atoms with Crippen LogP contribution in [0.5, 0.6) is 0 Å². The molecule has 1 fully saturated rings. The van der Waals surface area contributed by atoms with Crippen LogP contribution in [0, 0.1) is 6.92 Å². The van der Waals surface area contributed by atoms with E-state index in [0.29, 0.717) is 18.7 Å². The molecule has 0 amide bonds. The summed E-state index contributed by atoms with van der Waals surface area (Å²) in [5, 5.41) is 9.19. The van der Waals surface area contributed by atoms with Gasteiger partial charge in [0.1, 0.15) is 6.10 Å². The number of carbonyl (C=O) groups is 1. The lowest BCUT2D eigenvalue weighted by Gasteiger charge is -2.13. The highest BCUT2D eigenvalue weighted by molar-refractivity contribution is 7.99. The third-order valence-electron chi connectivity index (χ3n) is 3.61. The van der Waals surface area contributed by atoms with Gasteiger partial charge in [0.05, 0.1) is 12.2 Å². The third-order valence-corrected chi connectivity index (χ3v) is 4.67. The first kappa shape index (κ1) is 15.1. The van der Waals surface area contributed by atoms with E-state index in [9.17, 15) is 4.79 Å². The van der Waals surface area contributed by atoms with Gasteiger partial charge >= 0.3 is 5.97 Å². The summed E-state index contributed by atoms with van der Waals surface area (Å²) in [6.07, 6.45) is 1.23. The summed E-state index contributed by atoms with van der Waals surface area (Å²) in [4.78, 5) is 11.2. The predicted molar refractivity (Wildman–Crippen MR) is 83.8 cm³/mol. The topological polar surface area (TPSA) is 83.0 Å². The van der Waals surface area contributed by atoms with E-state index in [0.717, 1.165) is 28.7 Å². The van der Waals surface area contributed by atoms with Crippen molar-refractivity contribution in [2.45, 2.75) is 37.6 Å². The molecule has 0 saturated carbocycles. The van der Waals surface area contributed by atoms with Crippen LogP contribution >= 0.6 is 11.8 Å². The van der Waals surface area contributed by atoms with Gasteiger partial charge in [0.2, 0.25) is 0 Å². The number of esters is 1. The van der Waals surface area contributed by atoms with Crippen LogP contribution in [-0.2, 0) is 16.1 Å². The Morgan fingerprint density at radius 1 is 1.41 bits per heavy atom. The van der Waals surface area contributed by atoms with Gasteiger partial charge in [-0.1, -0.05) is 30.0 Å². The zero-order valence-corrected chi connectivity index (χ0v) is 13.2. The van der Waals surface area contributed by atoms with E-state index in [1.165, 1.54) is 0 Å². The molecule has 1 atom stereocenters. The Kier molecular flexibility index (Phi) is 4.44. The molecule has 1 aromatic carbocycles. The van der Waals surface area contributed by atoms with Crippen LogP contribution in [0.15, 0.2) is 29.4 Å². The zero-order valence-electron chi connectivity index (χ0n) is 12.4. The van der Waals surface area contributed by atoms with Gasteiger partial charge in [0.15, 0.2) is 11.0 Å². The minimum absolute atomic E-state index is 0.0409. The molecule has 1 aliphatic heterocycles. The molecule has 0 radical (unpaired) electrons. The van der Waals surface area contributed by atoms with Crippen LogP contribution in [0.3, 0.4) is 0 Å². The average molecular weight is 318 g/mol. The normalized spacial score (nSPS) is 17.7. The van der Waals surface area contributed by atoms with E-state index >= 15 is 0 Å². The Labute approximate surface area is 133 Å². The molecule has 2 heterocycles. The van der Waals surface area contributed by atoms with Gasteiger partial charge < -0.3 is 10.5 Å². The molecule has 3 rings (SSSR count). The van der Waals surface area contributed by atoms with Crippen molar-refractivity contribution in [1.82, 2.24) is 14.8 Å². The fourth-order valence-electron chi connectivity index (χ4n) is 2.45. The number of nitrogens with zero attached hydrogens (tertiary/aromatic N) is 3. The van der Waals surface area contributed by atoms with Crippen LogP contribution in [0.25, 0.3) is 5.69 Å². The van der Waals surface area contributed by atoms with Crippen molar-refractivity contribution in [3.63, 3.8) is 0 Å². The second kappa shape index (κ2) is 6.50. The monoisotopic (exact) mass is 318 g/mol. The number of carbonyl (C=O) groups excluding carboxylic acids is 1. The highest BCUT2D eigenvalue weighted by atomic mass is 32.2. The van der Waals surface area contributed by atoms with Crippen LogP contribution in [0.2, 0.25) is 0 Å². The van der Waals surface area contributed by atoms with Crippen molar-refractivity contribution in [3.8, 4) is 5.69 Å².